The zero-order valence-electron chi connectivity index (χ0n) is 15.5. The van der Waals surface area contributed by atoms with Crippen molar-refractivity contribution in [3.05, 3.63) is 35.9 Å². The summed E-state index contributed by atoms with van der Waals surface area (Å²) in [6, 6.07) is 9.45. The van der Waals surface area contributed by atoms with Crippen LogP contribution in [0.15, 0.2) is 30.3 Å². The van der Waals surface area contributed by atoms with E-state index in [9.17, 15) is 9.59 Å². The first-order valence-electron chi connectivity index (χ1n) is 9.30. The number of rotatable bonds is 8. The SMILES string of the molecule is CCOC(=O)C(CCc1ccccc1)N[C@H](C)C(=O)N1CCC[C@H]1C. The summed E-state index contributed by atoms with van der Waals surface area (Å²) in [4.78, 5) is 26.9. The smallest absolute Gasteiger partial charge is 0.323 e. The van der Waals surface area contributed by atoms with Crippen LogP contribution in [0, 0.1) is 0 Å². The molecule has 1 heterocycles. The fourth-order valence-corrected chi connectivity index (χ4v) is 3.35. The molecule has 0 aliphatic carbocycles. The standard InChI is InChI=1S/C20H30N2O3/c1-4-25-20(24)18(13-12-17-10-6-5-7-11-17)21-16(3)19(23)22-14-8-9-15(22)2/h5-7,10-11,15-16,18,21H,4,8-9,12-14H2,1-3H3/t15-,16-,18?/m1/s1. The van der Waals surface area contributed by atoms with Gasteiger partial charge in [-0.2, -0.15) is 0 Å². The molecular formula is C20H30N2O3. The first kappa shape index (κ1) is 19.4. The molecule has 0 spiro atoms. The highest BCUT2D eigenvalue weighted by Gasteiger charge is 2.31. The van der Waals surface area contributed by atoms with Crippen LogP contribution in [-0.4, -0.2) is 48.1 Å². The molecule has 1 N–H and O–H groups in total. The average molecular weight is 346 g/mol. The maximum Gasteiger partial charge on any atom is 0.323 e. The van der Waals surface area contributed by atoms with Gasteiger partial charge in [0.2, 0.25) is 5.91 Å². The number of hydrogen-bond donors (Lipinski definition) is 1. The summed E-state index contributed by atoms with van der Waals surface area (Å²) in [5, 5.41) is 3.20. The van der Waals surface area contributed by atoms with E-state index in [-0.39, 0.29) is 17.9 Å². The van der Waals surface area contributed by atoms with Crippen molar-refractivity contribution in [2.75, 3.05) is 13.2 Å². The highest BCUT2D eigenvalue weighted by molar-refractivity contribution is 5.83. The third kappa shape index (κ3) is 5.56. The van der Waals surface area contributed by atoms with Crippen LogP contribution >= 0.6 is 0 Å². The van der Waals surface area contributed by atoms with Gasteiger partial charge in [-0.3, -0.25) is 14.9 Å². The van der Waals surface area contributed by atoms with Crippen molar-refractivity contribution in [1.82, 2.24) is 10.2 Å². The Balaban J connectivity index is 1.97. The van der Waals surface area contributed by atoms with Crippen LogP contribution in [-0.2, 0) is 20.7 Å². The zero-order valence-corrected chi connectivity index (χ0v) is 15.5. The van der Waals surface area contributed by atoms with Crippen LogP contribution in [0.1, 0.15) is 45.6 Å². The fourth-order valence-electron chi connectivity index (χ4n) is 3.35. The summed E-state index contributed by atoms with van der Waals surface area (Å²) < 4.78 is 5.19. The van der Waals surface area contributed by atoms with Crippen molar-refractivity contribution in [3.8, 4) is 0 Å². The van der Waals surface area contributed by atoms with E-state index < -0.39 is 12.1 Å². The van der Waals surface area contributed by atoms with Gasteiger partial charge in [-0.05, 0) is 52.0 Å². The molecule has 25 heavy (non-hydrogen) atoms. The van der Waals surface area contributed by atoms with Gasteiger partial charge in [0.25, 0.3) is 0 Å². The van der Waals surface area contributed by atoms with Gasteiger partial charge in [0.15, 0.2) is 0 Å². The van der Waals surface area contributed by atoms with Crippen molar-refractivity contribution in [2.24, 2.45) is 0 Å². The predicted octanol–water partition coefficient (Wildman–Crippen LogP) is 2.54. The number of esters is 1. The Labute approximate surface area is 150 Å². The fraction of sp³-hybridized carbons (Fsp3) is 0.600. The molecular weight excluding hydrogens is 316 g/mol. The van der Waals surface area contributed by atoms with E-state index in [1.54, 1.807) is 6.92 Å². The lowest BCUT2D eigenvalue weighted by Gasteiger charge is -2.28. The molecule has 2 rings (SSSR count). The van der Waals surface area contributed by atoms with Crippen LogP contribution in [0.2, 0.25) is 0 Å². The Hall–Kier alpha value is -1.88. The van der Waals surface area contributed by atoms with Crippen molar-refractivity contribution in [1.29, 1.82) is 0 Å². The molecule has 3 atom stereocenters. The number of likely N-dealkylation sites (tertiary alicyclic amines) is 1. The highest BCUT2D eigenvalue weighted by Crippen LogP contribution is 2.17. The zero-order chi connectivity index (χ0) is 18.2. The van der Waals surface area contributed by atoms with E-state index in [0.717, 1.165) is 25.8 Å². The predicted molar refractivity (Wildman–Crippen MR) is 98.2 cm³/mol. The summed E-state index contributed by atoms with van der Waals surface area (Å²) in [5.41, 5.74) is 1.17. The van der Waals surface area contributed by atoms with E-state index >= 15 is 0 Å². The van der Waals surface area contributed by atoms with Crippen molar-refractivity contribution >= 4 is 11.9 Å². The second-order valence-electron chi connectivity index (χ2n) is 6.74. The number of ether oxygens (including phenoxy) is 1. The van der Waals surface area contributed by atoms with E-state index in [2.05, 4.69) is 12.2 Å². The summed E-state index contributed by atoms with van der Waals surface area (Å²) in [6.45, 7) is 6.86. The summed E-state index contributed by atoms with van der Waals surface area (Å²) >= 11 is 0. The van der Waals surface area contributed by atoms with Gasteiger partial charge in [-0.25, -0.2) is 0 Å². The molecule has 1 unspecified atom stereocenters. The minimum absolute atomic E-state index is 0.0685. The van der Waals surface area contributed by atoms with Gasteiger partial charge in [0.05, 0.1) is 12.6 Å². The minimum Gasteiger partial charge on any atom is -0.465 e. The molecule has 1 aromatic carbocycles. The number of carbonyl (C=O) groups excluding carboxylic acids is 2. The van der Waals surface area contributed by atoms with Crippen LogP contribution in [0.4, 0.5) is 0 Å². The van der Waals surface area contributed by atoms with Gasteiger partial charge in [-0.15, -0.1) is 0 Å². The number of carbonyl (C=O) groups is 2. The van der Waals surface area contributed by atoms with Gasteiger partial charge < -0.3 is 9.64 Å². The lowest BCUT2D eigenvalue weighted by atomic mass is 10.0. The molecule has 1 amide bonds. The maximum absolute atomic E-state index is 12.7. The second-order valence-corrected chi connectivity index (χ2v) is 6.74. The van der Waals surface area contributed by atoms with Gasteiger partial charge in [0, 0.05) is 12.6 Å². The van der Waals surface area contributed by atoms with Crippen molar-refractivity contribution in [3.63, 3.8) is 0 Å². The van der Waals surface area contributed by atoms with Gasteiger partial charge in [-0.1, -0.05) is 30.3 Å². The number of benzene rings is 1. The Morgan fingerprint density at radius 3 is 2.64 bits per heavy atom. The van der Waals surface area contributed by atoms with Gasteiger partial charge >= 0.3 is 5.97 Å². The number of amides is 1. The molecule has 5 nitrogen and oxygen atoms in total. The molecule has 1 fully saturated rings. The first-order chi connectivity index (χ1) is 12.0. The Bertz CT molecular complexity index is 561. The van der Waals surface area contributed by atoms with Crippen LogP contribution < -0.4 is 5.32 Å². The maximum atomic E-state index is 12.7. The Kier molecular flexibility index (Phi) is 7.44. The number of nitrogens with zero attached hydrogens (tertiary/aromatic N) is 1. The van der Waals surface area contributed by atoms with Crippen LogP contribution in [0.5, 0.6) is 0 Å². The quantitative estimate of drug-likeness (QED) is 0.735. The van der Waals surface area contributed by atoms with E-state index in [1.807, 2.05) is 42.2 Å². The molecule has 0 saturated carbocycles. The molecule has 1 aliphatic heterocycles. The third-order valence-corrected chi connectivity index (χ3v) is 4.79. The lowest BCUT2D eigenvalue weighted by Crippen LogP contribution is -2.51. The van der Waals surface area contributed by atoms with Crippen LogP contribution in [0.25, 0.3) is 0 Å². The van der Waals surface area contributed by atoms with E-state index in [1.165, 1.54) is 5.56 Å². The van der Waals surface area contributed by atoms with Crippen LogP contribution in [0.3, 0.4) is 0 Å². The number of aryl methyl sites for hydroxylation is 1. The third-order valence-electron chi connectivity index (χ3n) is 4.79. The van der Waals surface area contributed by atoms with Crippen molar-refractivity contribution < 1.29 is 14.3 Å². The molecule has 0 aromatic heterocycles. The summed E-state index contributed by atoms with van der Waals surface area (Å²) in [5.74, 6) is -0.216. The topological polar surface area (TPSA) is 58.6 Å². The monoisotopic (exact) mass is 346 g/mol. The first-order valence-corrected chi connectivity index (χ1v) is 9.30. The summed E-state index contributed by atoms with van der Waals surface area (Å²) in [7, 11) is 0. The normalized spacial score (nSPS) is 19.5. The minimum atomic E-state index is -0.475. The lowest BCUT2D eigenvalue weighted by molar-refractivity contribution is -0.146. The Morgan fingerprint density at radius 1 is 1.32 bits per heavy atom. The molecule has 1 aliphatic rings. The largest absolute Gasteiger partial charge is 0.465 e. The molecule has 138 valence electrons. The molecule has 0 bridgehead atoms. The molecule has 0 radical (unpaired) electrons. The van der Waals surface area contributed by atoms with E-state index in [0.29, 0.717) is 13.0 Å². The number of hydrogen-bond acceptors (Lipinski definition) is 4. The molecule has 1 aromatic rings. The molecule has 1 saturated heterocycles. The average Bonchev–Trinajstić information content (AvgIpc) is 3.04. The molecule has 5 heteroatoms. The van der Waals surface area contributed by atoms with E-state index in [4.69, 9.17) is 4.74 Å². The Morgan fingerprint density at radius 2 is 2.04 bits per heavy atom. The van der Waals surface area contributed by atoms with Crippen molar-refractivity contribution in [2.45, 2.75) is 64.6 Å². The summed E-state index contributed by atoms with van der Waals surface area (Å²) in [6.07, 6.45) is 3.47. The second kappa shape index (κ2) is 9.56. The highest BCUT2D eigenvalue weighted by atomic mass is 16.5. The van der Waals surface area contributed by atoms with Gasteiger partial charge in [0.1, 0.15) is 6.04 Å². The number of nitrogens with one attached hydrogen (secondary N) is 1.